The van der Waals surface area contributed by atoms with Crippen molar-refractivity contribution in [2.45, 2.75) is 6.54 Å². The molecule has 0 bridgehead atoms. The van der Waals surface area contributed by atoms with Crippen molar-refractivity contribution in [3.05, 3.63) is 54.5 Å². The van der Waals surface area contributed by atoms with Gasteiger partial charge in [0.15, 0.2) is 0 Å². The molecule has 0 aliphatic carbocycles. The van der Waals surface area contributed by atoms with Gasteiger partial charge in [0.05, 0.1) is 15.7 Å². The second kappa shape index (κ2) is 6.39. The Bertz CT molecular complexity index is 619. The average molecular weight is 428 g/mol. The van der Waals surface area contributed by atoms with Crippen LogP contribution in [0, 0.1) is 3.57 Å². The molecule has 19 heavy (non-hydrogen) atoms. The summed E-state index contributed by atoms with van der Waals surface area (Å²) in [5.74, 6) is 0.0280. The predicted molar refractivity (Wildman–Crippen MR) is 89.6 cm³/mol. The van der Waals surface area contributed by atoms with E-state index in [1.54, 1.807) is 6.07 Å². The van der Waals surface area contributed by atoms with Gasteiger partial charge in [0.25, 0.3) is 0 Å². The van der Waals surface area contributed by atoms with Crippen molar-refractivity contribution in [2.24, 2.45) is 0 Å². The highest BCUT2D eigenvalue weighted by Crippen LogP contribution is 2.32. The van der Waals surface area contributed by atoms with Crippen molar-refractivity contribution in [1.82, 2.24) is 0 Å². The van der Waals surface area contributed by atoms with E-state index in [0.717, 1.165) is 9.26 Å². The Kier molecular flexibility index (Phi) is 5.06. The van der Waals surface area contributed by atoms with Crippen LogP contribution >= 0.6 is 57.4 Å². The van der Waals surface area contributed by atoms with E-state index in [9.17, 15) is 5.11 Å². The smallest absolute Gasteiger partial charge is 0.139 e. The maximum absolute atomic E-state index is 9.85. The molecule has 2 nitrogen and oxygen atoms in total. The minimum atomic E-state index is 0.0280. The molecule has 0 spiro atoms. The van der Waals surface area contributed by atoms with E-state index >= 15 is 0 Å². The summed E-state index contributed by atoms with van der Waals surface area (Å²) in [6, 6.07) is 8.85. The Morgan fingerprint density at radius 1 is 1.05 bits per heavy atom. The molecule has 0 amide bonds. The molecule has 0 aliphatic heterocycles. The van der Waals surface area contributed by atoms with Crippen LogP contribution in [0.25, 0.3) is 0 Å². The van der Waals surface area contributed by atoms with Gasteiger partial charge in [-0.15, -0.1) is 0 Å². The third-order valence-electron chi connectivity index (χ3n) is 2.51. The summed E-state index contributed by atoms with van der Waals surface area (Å²) in [6.07, 6.45) is 0. The molecular weight excluding hydrogens is 419 g/mol. The zero-order chi connectivity index (χ0) is 14.0. The predicted octanol–water partition coefficient (Wildman–Crippen LogP) is 5.57. The van der Waals surface area contributed by atoms with Crippen molar-refractivity contribution < 1.29 is 5.11 Å². The average Bonchev–Trinajstić information content (AvgIpc) is 2.33. The molecule has 2 aromatic carbocycles. The molecule has 0 radical (unpaired) electrons. The Balaban J connectivity index is 2.19. The summed E-state index contributed by atoms with van der Waals surface area (Å²) in [5, 5.41) is 14.3. The summed E-state index contributed by atoms with van der Waals surface area (Å²) in [6.45, 7) is 0.381. The van der Waals surface area contributed by atoms with Crippen LogP contribution in [0.1, 0.15) is 5.56 Å². The van der Waals surface area contributed by atoms with Crippen LogP contribution in [-0.4, -0.2) is 5.11 Å². The van der Waals surface area contributed by atoms with E-state index in [2.05, 4.69) is 27.9 Å². The number of hydrogen-bond acceptors (Lipinski definition) is 2. The summed E-state index contributed by atoms with van der Waals surface area (Å²) in [4.78, 5) is 0. The van der Waals surface area contributed by atoms with Gasteiger partial charge in [-0.3, -0.25) is 0 Å². The first kappa shape index (κ1) is 15.0. The number of benzene rings is 2. The highest BCUT2D eigenvalue weighted by Gasteiger charge is 2.08. The number of anilines is 1. The second-order valence-electron chi connectivity index (χ2n) is 3.87. The number of nitrogens with one attached hydrogen (secondary N) is 1. The minimum absolute atomic E-state index is 0.0280. The van der Waals surface area contributed by atoms with Crippen molar-refractivity contribution in [2.75, 3.05) is 5.32 Å². The first-order valence-corrected chi connectivity index (χ1v) is 7.54. The molecule has 0 unspecified atom stereocenters. The zero-order valence-electron chi connectivity index (χ0n) is 9.55. The van der Waals surface area contributed by atoms with Crippen LogP contribution in [0.4, 0.5) is 5.69 Å². The number of rotatable bonds is 3. The standard InChI is InChI=1S/C13H9Cl3INO/c14-8-3-7(13(19)11(16)4-8)6-18-12-2-1-9(17)5-10(12)15/h1-5,18-19H,6H2. The Hall–Kier alpha value is -0.360. The quantitative estimate of drug-likeness (QED) is 0.627. The second-order valence-corrected chi connectivity index (χ2v) is 6.37. The fraction of sp³-hybridized carbons (Fsp3) is 0.0769. The van der Waals surface area contributed by atoms with E-state index < -0.39 is 0 Å². The molecule has 0 heterocycles. The largest absolute Gasteiger partial charge is 0.506 e. The van der Waals surface area contributed by atoms with E-state index in [0.29, 0.717) is 22.2 Å². The molecule has 2 rings (SSSR count). The fourth-order valence-corrected chi connectivity index (χ4v) is 3.04. The Morgan fingerprint density at radius 2 is 1.79 bits per heavy atom. The lowest BCUT2D eigenvalue weighted by molar-refractivity contribution is 0.469. The lowest BCUT2D eigenvalue weighted by Gasteiger charge is -2.11. The maximum atomic E-state index is 9.85. The Morgan fingerprint density at radius 3 is 2.47 bits per heavy atom. The summed E-state index contributed by atoms with van der Waals surface area (Å²) in [5.41, 5.74) is 1.41. The van der Waals surface area contributed by atoms with Gasteiger partial charge in [0.2, 0.25) is 0 Å². The first-order chi connectivity index (χ1) is 8.97. The van der Waals surface area contributed by atoms with Gasteiger partial charge in [-0.1, -0.05) is 34.8 Å². The minimum Gasteiger partial charge on any atom is -0.506 e. The molecule has 0 fully saturated rings. The third kappa shape index (κ3) is 3.81. The lowest BCUT2D eigenvalue weighted by Crippen LogP contribution is -2.00. The van der Waals surface area contributed by atoms with E-state index in [-0.39, 0.29) is 10.8 Å². The summed E-state index contributed by atoms with van der Waals surface area (Å²) in [7, 11) is 0. The van der Waals surface area contributed by atoms with Gasteiger partial charge in [-0.05, 0) is 52.9 Å². The Labute approximate surface area is 139 Å². The molecule has 0 atom stereocenters. The first-order valence-electron chi connectivity index (χ1n) is 5.33. The van der Waals surface area contributed by atoms with Gasteiger partial charge in [0.1, 0.15) is 5.75 Å². The van der Waals surface area contributed by atoms with Crippen molar-refractivity contribution in [1.29, 1.82) is 0 Å². The van der Waals surface area contributed by atoms with Gasteiger partial charge < -0.3 is 10.4 Å². The summed E-state index contributed by atoms with van der Waals surface area (Å²) < 4.78 is 1.06. The SMILES string of the molecule is Oc1c(Cl)cc(Cl)cc1CNc1ccc(I)cc1Cl. The maximum Gasteiger partial charge on any atom is 0.139 e. The number of hydrogen-bond donors (Lipinski definition) is 2. The molecule has 0 saturated heterocycles. The normalized spacial score (nSPS) is 10.5. The van der Waals surface area contributed by atoms with E-state index in [4.69, 9.17) is 34.8 Å². The van der Waals surface area contributed by atoms with Crippen LogP contribution in [0.2, 0.25) is 15.1 Å². The molecule has 0 saturated carbocycles. The molecule has 0 aliphatic rings. The third-order valence-corrected chi connectivity index (χ3v) is 4.00. The van der Waals surface area contributed by atoms with Gasteiger partial charge in [-0.25, -0.2) is 0 Å². The zero-order valence-corrected chi connectivity index (χ0v) is 14.0. The van der Waals surface area contributed by atoms with E-state index in [1.165, 1.54) is 6.07 Å². The molecule has 0 aromatic heterocycles. The number of phenolic OH excluding ortho intramolecular Hbond substituents is 1. The van der Waals surface area contributed by atoms with Crippen LogP contribution < -0.4 is 5.32 Å². The number of halogens is 4. The van der Waals surface area contributed by atoms with Crippen LogP contribution in [0.3, 0.4) is 0 Å². The topological polar surface area (TPSA) is 32.3 Å². The van der Waals surface area contributed by atoms with E-state index in [1.807, 2.05) is 18.2 Å². The number of aromatic hydroxyl groups is 1. The molecule has 100 valence electrons. The highest BCUT2D eigenvalue weighted by molar-refractivity contribution is 14.1. The van der Waals surface area contributed by atoms with Crippen LogP contribution in [-0.2, 0) is 6.54 Å². The number of phenols is 1. The van der Waals surface area contributed by atoms with Crippen molar-refractivity contribution in [3.63, 3.8) is 0 Å². The monoisotopic (exact) mass is 427 g/mol. The van der Waals surface area contributed by atoms with Crippen molar-refractivity contribution in [3.8, 4) is 5.75 Å². The van der Waals surface area contributed by atoms with Crippen LogP contribution in [0.15, 0.2) is 30.3 Å². The lowest BCUT2D eigenvalue weighted by atomic mass is 10.2. The van der Waals surface area contributed by atoms with Gasteiger partial charge in [-0.2, -0.15) is 0 Å². The molecule has 2 aromatic rings. The highest BCUT2D eigenvalue weighted by atomic mass is 127. The van der Waals surface area contributed by atoms with Gasteiger partial charge in [0, 0.05) is 20.7 Å². The summed E-state index contributed by atoms with van der Waals surface area (Å²) >= 11 is 20.1. The molecule has 6 heteroatoms. The fourth-order valence-electron chi connectivity index (χ4n) is 1.58. The molecular formula is C13H9Cl3INO. The molecule has 2 N–H and O–H groups in total. The van der Waals surface area contributed by atoms with Crippen LogP contribution in [0.5, 0.6) is 5.75 Å². The van der Waals surface area contributed by atoms with Gasteiger partial charge >= 0.3 is 0 Å². The van der Waals surface area contributed by atoms with Crippen molar-refractivity contribution >= 4 is 63.1 Å².